The number of hydrogen-bond donors (Lipinski definition) is 1. The van der Waals surface area contributed by atoms with Gasteiger partial charge in [-0.15, -0.1) is 5.10 Å². The van der Waals surface area contributed by atoms with E-state index in [1.165, 1.54) is 11.8 Å². The van der Waals surface area contributed by atoms with Crippen molar-refractivity contribution in [3.8, 4) is 0 Å². The van der Waals surface area contributed by atoms with Crippen LogP contribution in [0.1, 0.15) is 73.8 Å². The van der Waals surface area contributed by atoms with Crippen LogP contribution in [-0.4, -0.2) is 32.1 Å². The Morgan fingerprint density at radius 3 is 2.86 bits per heavy atom. The van der Waals surface area contributed by atoms with Gasteiger partial charge >= 0.3 is 0 Å². The van der Waals surface area contributed by atoms with Crippen molar-refractivity contribution < 1.29 is 9.59 Å². The lowest BCUT2D eigenvalue weighted by molar-refractivity contribution is -0.115. The van der Waals surface area contributed by atoms with Crippen molar-refractivity contribution in [1.82, 2.24) is 15.2 Å². The van der Waals surface area contributed by atoms with Gasteiger partial charge in [0.05, 0.1) is 23.1 Å². The maximum atomic E-state index is 13.0. The standard InChI is InChI=1S/C22H24N4O2S/c1-11(18(28)12-5-6-15-13(9-12)10-16(27)23-15)29-20-24-19-17(25-26-20)14-7-8-22(19,4)21(14,2)3/h5-6,9,11,14H,7-8,10H2,1-4H3,(H,23,27)/t11-,14-,22-/m0/s1. The first kappa shape index (κ1) is 18.7. The molecule has 29 heavy (non-hydrogen) atoms. The summed E-state index contributed by atoms with van der Waals surface area (Å²) in [5, 5.41) is 11.9. The molecule has 1 amide bonds. The fourth-order valence-electron chi connectivity index (χ4n) is 5.24. The van der Waals surface area contributed by atoms with Gasteiger partial charge in [0.25, 0.3) is 0 Å². The number of rotatable bonds is 4. The minimum atomic E-state index is -0.336. The SMILES string of the molecule is C[C@H](Sc1nnc2c(n1)[C@]1(C)CC[C@@H]2C1(C)C)C(=O)c1ccc2c(c1)CC(=O)N2. The number of fused-ring (bicyclic) bond motifs is 6. The molecule has 2 heterocycles. The molecule has 1 aromatic heterocycles. The number of benzene rings is 1. The number of hydrogen-bond acceptors (Lipinski definition) is 6. The van der Waals surface area contributed by atoms with Gasteiger partial charge in [-0.05, 0) is 48.9 Å². The topological polar surface area (TPSA) is 84.8 Å². The van der Waals surface area contributed by atoms with Crippen molar-refractivity contribution in [2.45, 2.75) is 68.7 Å². The van der Waals surface area contributed by atoms with Crippen LogP contribution in [0.5, 0.6) is 0 Å². The summed E-state index contributed by atoms with van der Waals surface area (Å²) in [5.74, 6) is 0.396. The Hall–Kier alpha value is -2.28. The van der Waals surface area contributed by atoms with Crippen molar-refractivity contribution in [1.29, 1.82) is 0 Å². The van der Waals surface area contributed by atoms with Gasteiger partial charge in [-0.25, -0.2) is 4.98 Å². The number of Topliss-reactive ketones (excluding diaryl/α,β-unsaturated/α-hetero) is 1. The number of carbonyl (C=O) groups is 2. The van der Waals surface area contributed by atoms with Gasteiger partial charge in [0.15, 0.2) is 5.78 Å². The van der Waals surface area contributed by atoms with Gasteiger partial charge in [0, 0.05) is 22.6 Å². The molecule has 1 aromatic carbocycles. The van der Waals surface area contributed by atoms with Crippen LogP contribution in [0.2, 0.25) is 0 Å². The quantitative estimate of drug-likeness (QED) is 0.610. The van der Waals surface area contributed by atoms with Crippen LogP contribution in [0.4, 0.5) is 5.69 Å². The molecule has 0 spiro atoms. The zero-order valence-electron chi connectivity index (χ0n) is 17.1. The molecule has 2 aromatic rings. The van der Waals surface area contributed by atoms with E-state index in [1.54, 1.807) is 12.1 Å². The van der Waals surface area contributed by atoms with Gasteiger partial charge in [-0.2, -0.15) is 5.10 Å². The van der Waals surface area contributed by atoms with E-state index in [1.807, 2.05) is 13.0 Å². The zero-order valence-corrected chi connectivity index (χ0v) is 17.9. The summed E-state index contributed by atoms with van der Waals surface area (Å²) in [4.78, 5) is 29.4. The van der Waals surface area contributed by atoms with Crippen molar-refractivity contribution in [3.63, 3.8) is 0 Å². The normalized spacial score (nSPS) is 26.8. The van der Waals surface area contributed by atoms with Crippen LogP contribution in [0.15, 0.2) is 23.4 Å². The van der Waals surface area contributed by atoms with Crippen LogP contribution in [0, 0.1) is 5.41 Å². The highest BCUT2D eigenvalue weighted by atomic mass is 32.2. The molecule has 1 fully saturated rings. The minimum absolute atomic E-state index is 0.00862. The first-order valence-corrected chi connectivity index (χ1v) is 11.0. The number of aromatic nitrogens is 3. The van der Waals surface area contributed by atoms with E-state index in [-0.39, 0.29) is 27.8 Å². The minimum Gasteiger partial charge on any atom is -0.326 e. The second-order valence-electron chi connectivity index (χ2n) is 9.19. The summed E-state index contributed by atoms with van der Waals surface area (Å²) in [6, 6.07) is 5.39. The smallest absolute Gasteiger partial charge is 0.228 e. The summed E-state index contributed by atoms with van der Waals surface area (Å²) < 4.78 is 0. The number of thioether (sulfide) groups is 1. The highest BCUT2D eigenvalue weighted by molar-refractivity contribution is 8.00. The Morgan fingerprint density at radius 1 is 1.28 bits per heavy atom. The molecule has 1 N–H and O–H groups in total. The average Bonchev–Trinajstić information content (AvgIpc) is 3.22. The predicted octanol–water partition coefficient (Wildman–Crippen LogP) is 3.90. The summed E-state index contributed by atoms with van der Waals surface area (Å²) in [6.07, 6.45) is 2.59. The van der Waals surface area contributed by atoms with E-state index in [9.17, 15) is 9.59 Å². The first-order chi connectivity index (χ1) is 13.7. The molecule has 0 saturated heterocycles. The molecule has 6 nitrogen and oxygen atoms in total. The van der Waals surface area contributed by atoms with Crippen molar-refractivity contribution in [2.75, 3.05) is 5.32 Å². The molecule has 2 aliphatic carbocycles. The number of anilines is 1. The molecule has 2 bridgehead atoms. The number of amides is 1. The summed E-state index contributed by atoms with van der Waals surface area (Å²) in [7, 11) is 0. The van der Waals surface area contributed by atoms with Crippen LogP contribution < -0.4 is 5.32 Å². The van der Waals surface area contributed by atoms with Gasteiger partial charge in [0.1, 0.15) is 0 Å². The maximum absolute atomic E-state index is 13.0. The largest absolute Gasteiger partial charge is 0.326 e. The lowest BCUT2D eigenvalue weighted by Gasteiger charge is -2.34. The Labute approximate surface area is 174 Å². The monoisotopic (exact) mass is 408 g/mol. The molecule has 3 aliphatic rings. The summed E-state index contributed by atoms with van der Waals surface area (Å²) in [5.41, 5.74) is 4.55. The third-order valence-corrected chi connectivity index (χ3v) is 8.39. The molecule has 1 aliphatic heterocycles. The number of carbonyl (C=O) groups excluding carboxylic acids is 2. The van der Waals surface area contributed by atoms with Crippen LogP contribution in [-0.2, 0) is 16.6 Å². The van der Waals surface area contributed by atoms with E-state index in [2.05, 4.69) is 36.3 Å². The van der Waals surface area contributed by atoms with Crippen molar-refractivity contribution >= 4 is 29.1 Å². The third-order valence-electron chi connectivity index (χ3n) is 7.44. The molecule has 0 unspecified atom stereocenters. The van der Waals surface area contributed by atoms with Crippen molar-refractivity contribution in [2.24, 2.45) is 5.41 Å². The number of nitrogens with zero attached hydrogens (tertiary/aromatic N) is 3. The average molecular weight is 409 g/mol. The van der Waals surface area contributed by atoms with Gasteiger partial charge in [-0.3, -0.25) is 9.59 Å². The van der Waals surface area contributed by atoms with Crippen LogP contribution >= 0.6 is 11.8 Å². The summed E-state index contributed by atoms with van der Waals surface area (Å²) in [6.45, 7) is 8.77. The van der Waals surface area contributed by atoms with E-state index >= 15 is 0 Å². The molecule has 7 heteroatoms. The Bertz CT molecular complexity index is 1070. The zero-order chi connectivity index (χ0) is 20.6. The lowest BCUT2D eigenvalue weighted by atomic mass is 9.70. The molecular weight excluding hydrogens is 384 g/mol. The summed E-state index contributed by atoms with van der Waals surface area (Å²) >= 11 is 1.36. The fraction of sp³-hybridized carbons (Fsp3) is 0.500. The number of ketones is 1. The predicted molar refractivity (Wildman–Crippen MR) is 111 cm³/mol. The molecule has 3 atom stereocenters. The fourth-order valence-corrected chi connectivity index (χ4v) is 6.03. The molecule has 0 radical (unpaired) electrons. The second kappa shape index (κ2) is 6.11. The van der Waals surface area contributed by atoms with E-state index in [0.29, 0.717) is 23.1 Å². The van der Waals surface area contributed by atoms with Crippen molar-refractivity contribution in [3.05, 3.63) is 40.7 Å². The third kappa shape index (κ3) is 2.59. The highest BCUT2D eigenvalue weighted by Crippen LogP contribution is 2.66. The van der Waals surface area contributed by atoms with Gasteiger partial charge < -0.3 is 5.32 Å². The van der Waals surface area contributed by atoms with Gasteiger partial charge in [0.2, 0.25) is 11.1 Å². The van der Waals surface area contributed by atoms with Crippen LogP contribution in [0.3, 0.4) is 0 Å². The van der Waals surface area contributed by atoms with Gasteiger partial charge in [-0.1, -0.05) is 32.5 Å². The van der Waals surface area contributed by atoms with E-state index in [0.717, 1.165) is 35.5 Å². The van der Waals surface area contributed by atoms with E-state index in [4.69, 9.17) is 4.98 Å². The first-order valence-electron chi connectivity index (χ1n) is 10.1. The highest BCUT2D eigenvalue weighted by Gasteiger charge is 2.61. The molecule has 1 saturated carbocycles. The van der Waals surface area contributed by atoms with Crippen LogP contribution in [0.25, 0.3) is 0 Å². The number of nitrogens with one attached hydrogen (secondary N) is 1. The molecule has 150 valence electrons. The Balaban J connectivity index is 1.38. The Morgan fingerprint density at radius 2 is 2.07 bits per heavy atom. The lowest BCUT2D eigenvalue weighted by Crippen LogP contribution is -2.32. The Kier molecular flexibility index (Phi) is 3.95. The molecule has 5 rings (SSSR count). The van der Waals surface area contributed by atoms with E-state index < -0.39 is 0 Å². The second-order valence-corrected chi connectivity index (χ2v) is 10.5. The molecular formula is C22H24N4O2S. The maximum Gasteiger partial charge on any atom is 0.228 e.